The molecule has 1 aromatic carbocycles. The van der Waals surface area contributed by atoms with Gasteiger partial charge in [0.1, 0.15) is 0 Å². The van der Waals surface area contributed by atoms with Gasteiger partial charge in [0.25, 0.3) is 0 Å². The van der Waals surface area contributed by atoms with Crippen LogP contribution in [0.2, 0.25) is 5.02 Å². The first-order valence-corrected chi connectivity index (χ1v) is 5.91. The zero-order valence-corrected chi connectivity index (χ0v) is 11.0. The number of carboxylic acids is 1. The van der Waals surface area contributed by atoms with E-state index in [9.17, 15) is 4.79 Å². The summed E-state index contributed by atoms with van der Waals surface area (Å²) in [6, 6.07) is 5.52. The number of aryl methyl sites for hydroxylation is 1. The van der Waals surface area contributed by atoms with Crippen LogP contribution in [-0.4, -0.2) is 15.6 Å². The first kappa shape index (κ1) is 13.6. The van der Waals surface area contributed by atoms with Crippen molar-refractivity contribution in [1.29, 1.82) is 0 Å². The molecule has 4 heteroatoms. The summed E-state index contributed by atoms with van der Waals surface area (Å²) in [5.74, 6) is -0.867. The van der Waals surface area contributed by atoms with E-state index in [0.29, 0.717) is 10.6 Å². The lowest BCUT2D eigenvalue weighted by atomic mass is 10.1. The van der Waals surface area contributed by atoms with Crippen LogP contribution in [0.3, 0.4) is 0 Å². The number of hydrogen-bond donors (Lipinski definition) is 1. The monoisotopic (exact) mass is 253 g/mol. The molecule has 2 aromatic rings. The third-order valence-corrected chi connectivity index (χ3v) is 2.80. The van der Waals surface area contributed by atoms with Crippen molar-refractivity contribution in [3.8, 4) is 0 Å². The van der Waals surface area contributed by atoms with Crippen LogP contribution in [0.1, 0.15) is 19.4 Å². The smallest absolute Gasteiger partial charge is 0.307 e. The van der Waals surface area contributed by atoms with Crippen molar-refractivity contribution in [1.82, 2.24) is 4.57 Å². The number of aromatic nitrogens is 1. The molecule has 0 bridgehead atoms. The van der Waals surface area contributed by atoms with Gasteiger partial charge in [0.05, 0.1) is 6.42 Å². The molecule has 0 atom stereocenters. The molecular weight excluding hydrogens is 238 g/mol. The molecule has 1 heterocycles. The SMILES string of the molecule is CC.Cn1ccc2c(CC(=O)O)c(Cl)ccc21. The maximum Gasteiger partial charge on any atom is 0.307 e. The number of halogens is 1. The fourth-order valence-corrected chi connectivity index (χ4v) is 1.95. The Bertz CT molecular complexity index is 531. The minimum absolute atomic E-state index is 0.0415. The Kier molecular flexibility index (Phi) is 4.58. The highest BCUT2D eigenvalue weighted by Gasteiger charge is 2.11. The fourth-order valence-electron chi connectivity index (χ4n) is 1.72. The van der Waals surface area contributed by atoms with E-state index in [4.69, 9.17) is 16.7 Å². The number of rotatable bonds is 2. The molecule has 0 saturated heterocycles. The standard InChI is InChI=1S/C11H10ClNO2.C2H6/c1-13-5-4-7-8(6-11(14)15)9(12)2-3-10(7)13;1-2/h2-5H,6H2,1H3,(H,14,15);1-2H3. The highest BCUT2D eigenvalue weighted by Crippen LogP contribution is 2.27. The molecule has 17 heavy (non-hydrogen) atoms. The highest BCUT2D eigenvalue weighted by atomic mass is 35.5. The van der Waals surface area contributed by atoms with Crippen molar-refractivity contribution in [2.75, 3.05) is 0 Å². The number of benzene rings is 1. The van der Waals surface area contributed by atoms with E-state index in [1.807, 2.05) is 43.8 Å². The summed E-state index contributed by atoms with van der Waals surface area (Å²) in [6.45, 7) is 4.00. The molecule has 3 nitrogen and oxygen atoms in total. The molecular formula is C13H16ClNO2. The molecule has 0 spiro atoms. The van der Waals surface area contributed by atoms with Crippen molar-refractivity contribution < 1.29 is 9.90 Å². The Labute approximate surface area is 106 Å². The molecule has 0 saturated carbocycles. The van der Waals surface area contributed by atoms with Gasteiger partial charge in [-0.25, -0.2) is 0 Å². The van der Waals surface area contributed by atoms with E-state index in [1.54, 1.807) is 6.07 Å². The zero-order valence-electron chi connectivity index (χ0n) is 10.2. The van der Waals surface area contributed by atoms with Crippen molar-refractivity contribution in [2.24, 2.45) is 7.05 Å². The molecule has 0 amide bonds. The van der Waals surface area contributed by atoms with Crippen LogP contribution in [0.4, 0.5) is 0 Å². The fraction of sp³-hybridized carbons (Fsp3) is 0.308. The van der Waals surface area contributed by atoms with E-state index >= 15 is 0 Å². The van der Waals surface area contributed by atoms with Crippen molar-refractivity contribution >= 4 is 28.5 Å². The van der Waals surface area contributed by atoms with Crippen LogP contribution in [0, 0.1) is 0 Å². The second kappa shape index (κ2) is 5.73. The molecule has 2 rings (SSSR count). The number of nitrogens with zero attached hydrogens (tertiary/aromatic N) is 1. The van der Waals surface area contributed by atoms with E-state index in [2.05, 4.69) is 0 Å². The number of carbonyl (C=O) groups is 1. The van der Waals surface area contributed by atoms with E-state index < -0.39 is 5.97 Å². The highest BCUT2D eigenvalue weighted by molar-refractivity contribution is 6.32. The second-order valence-corrected chi connectivity index (χ2v) is 3.86. The molecule has 0 radical (unpaired) electrons. The van der Waals surface area contributed by atoms with Crippen molar-refractivity contribution in [2.45, 2.75) is 20.3 Å². The van der Waals surface area contributed by atoms with Gasteiger partial charge in [-0.1, -0.05) is 25.4 Å². The average Bonchev–Trinajstić information content (AvgIpc) is 2.67. The third kappa shape index (κ3) is 2.80. The van der Waals surface area contributed by atoms with Crippen molar-refractivity contribution in [3.05, 3.63) is 35.0 Å². The van der Waals surface area contributed by atoms with Gasteiger partial charge in [-0.15, -0.1) is 0 Å². The van der Waals surface area contributed by atoms with Crippen LogP contribution < -0.4 is 0 Å². The van der Waals surface area contributed by atoms with E-state index in [0.717, 1.165) is 10.9 Å². The zero-order chi connectivity index (χ0) is 13.0. The molecule has 0 aliphatic carbocycles. The Hall–Kier alpha value is -1.48. The van der Waals surface area contributed by atoms with Crippen LogP contribution in [0.5, 0.6) is 0 Å². The molecule has 0 aliphatic rings. The molecule has 0 aliphatic heterocycles. The largest absolute Gasteiger partial charge is 0.481 e. The minimum atomic E-state index is -0.867. The topological polar surface area (TPSA) is 42.2 Å². The van der Waals surface area contributed by atoms with Crippen LogP contribution in [0.25, 0.3) is 10.9 Å². The number of fused-ring (bicyclic) bond motifs is 1. The Balaban J connectivity index is 0.000000686. The number of carboxylic acid groups (broad SMARTS) is 1. The predicted molar refractivity (Wildman–Crippen MR) is 70.6 cm³/mol. The quantitative estimate of drug-likeness (QED) is 0.890. The van der Waals surface area contributed by atoms with Gasteiger partial charge in [0.2, 0.25) is 0 Å². The first-order chi connectivity index (χ1) is 8.09. The van der Waals surface area contributed by atoms with E-state index in [-0.39, 0.29) is 6.42 Å². The van der Waals surface area contributed by atoms with Crippen LogP contribution in [-0.2, 0) is 18.3 Å². The Morgan fingerprint density at radius 2 is 2.00 bits per heavy atom. The lowest BCUT2D eigenvalue weighted by Crippen LogP contribution is -2.01. The van der Waals surface area contributed by atoms with Crippen LogP contribution in [0.15, 0.2) is 24.4 Å². The summed E-state index contributed by atoms with van der Waals surface area (Å²) in [6.07, 6.45) is 1.85. The van der Waals surface area contributed by atoms with Gasteiger partial charge in [0.15, 0.2) is 0 Å². The first-order valence-electron chi connectivity index (χ1n) is 5.54. The Morgan fingerprint density at radius 3 is 2.59 bits per heavy atom. The summed E-state index contributed by atoms with van der Waals surface area (Å²) in [5, 5.41) is 10.2. The summed E-state index contributed by atoms with van der Waals surface area (Å²) < 4.78 is 1.94. The predicted octanol–water partition coefficient (Wildman–Crippen LogP) is 3.49. The normalized spacial score (nSPS) is 9.88. The van der Waals surface area contributed by atoms with Gasteiger partial charge in [-0.3, -0.25) is 4.79 Å². The second-order valence-electron chi connectivity index (χ2n) is 3.46. The summed E-state index contributed by atoms with van der Waals surface area (Å²) in [7, 11) is 1.92. The van der Waals surface area contributed by atoms with Crippen molar-refractivity contribution in [3.63, 3.8) is 0 Å². The molecule has 1 N–H and O–H groups in total. The lowest BCUT2D eigenvalue weighted by Gasteiger charge is -2.04. The average molecular weight is 254 g/mol. The molecule has 0 unspecified atom stereocenters. The van der Waals surface area contributed by atoms with Gasteiger partial charge < -0.3 is 9.67 Å². The molecule has 92 valence electrons. The maximum atomic E-state index is 10.7. The van der Waals surface area contributed by atoms with Gasteiger partial charge in [-0.05, 0) is 23.8 Å². The number of hydrogen-bond acceptors (Lipinski definition) is 1. The summed E-state index contributed by atoms with van der Waals surface area (Å²) in [5.41, 5.74) is 1.68. The summed E-state index contributed by atoms with van der Waals surface area (Å²) in [4.78, 5) is 10.7. The lowest BCUT2D eigenvalue weighted by molar-refractivity contribution is -0.136. The van der Waals surface area contributed by atoms with Gasteiger partial charge in [0, 0.05) is 29.2 Å². The Morgan fingerprint density at radius 1 is 1.35 bits per heavy atom. The third-order valence-electron chi connectivity index (χ3n) is 2.45. The molecule has 1 aromatic heterocycles. The van der Waals surface area contributed by atoms with Gasteiger partial charge >= 0.3 is 5.97 Å². The van der Waals surface area contributed by atoms with E-state index in [1.165, 1.54) is 0 Å². The minimum Gasteiger partial charge on any atom is -0.481 e. The summed E-state index contributed by atoms with van der Waals surface area (Å²) >= 11 is 5.98. The van der Waals surface area contributed by atoms with Crippen LogP contribution >= 0.6 is 11.6 Å². The number of aliphatic carboxylic acids is 1. The molecule has 0 fully saturated rings. The van der Waals surface area contributed by atoms with Gasteiger partial charge in [-0.2, -0.15) is 0 Å². The maximum absolute atomic E-state index is 10.7.